The van der Waals surface area contributed by atoms with Gasteiger partial charge in [-0.3, -0.25) is 0 Å². The van der Waals surface area contributed by atoms with E-state index in [1.54, 1.807) is 12.1 Å². The maximum absolute atomic E-state index is 8.21. The van der Waals surface area contributed by atoms with Crippen molar-refractivity contribution in [3.63, 3.8) is 0 Å². The Morgan fingerprint density at radius 1 is 1.30 bits per heavy atom. The van der Waals surface area contributed by atoms with E-state index in [0.29, 0.717) is 0 Å². The van der Waals surface area contributed by atoms with E-state index in [1.165, 1.54) is 0 Å². The second kappa shape index (κ2) is 4.11. The van der Waals surface area contributed by atoms with Gasteiger partial charge in [0.15, 0.2) is 5.92 Å². The quantitative estimate of drug-likeness (QED) is 0.511. The van der Waals surface area contributed by atoms with Gasteiger partial charge in [0, 0.05) is 0 Å². The Hall–Kier alpha value is -0.770. The molecule has 0 spiro atoms. The zero-order chi connectivity index (χ0) is 8.15. The first kappa shape index (κ1) is 9.23. The summed E-state index contributed by atoms with van der Waals surface area (Å²) in [4.78, 5) is -1.07. The summed E-state index contributed by atoms with van der Waals surface area (Å²) in [6.07, 6.45) is 0. The van der Waals surface area contributed by atoms with Crippen molar-refractivity contribution in [3.8, 4) is 12.1 Å². The third-order valence-electron chi connectivity index (χ3n) is 0.804. The minimum Gasteiger partial charge on any atom is -0.304 e. The molecule has 1 N–H and O–H groups in total. The Balaban J connectivity index is 4.24. The van der Waals surface area contributed by atoms with Gasteiger partial charge in [-0.25, -0.2) is 0 Å². The molecule has 0 aromatic carbocycles. The van der Waals surface area contributed by atoms with E-state index in [-0.39, 0.29) is 5.71 Å². The first-order chi connectivity index (χ1) is 4.63. The molecule has 5 heteroatoms. The molecule has 0 aromatic rings. The maximum Gasteiger partial charge on any atom is 0.173 e. The SMILES string of the molecule is N#CC(C#N)C(=N)C(Cl)Cl. The normalized spacial score (nSPS) is 9.00. The van der Waals surface area contributed by atoms with Gasteiger partial charge in [-0.1, -0.05) is 23.2 Å². The topological polar surface area (TPSA) is 71.4 Å². The van der Waals surface area contributed by atoms with Gasteiger partial charge in [0.1, 0.15) is 4.84 Å². The molecule has 3 nitrogen and oxygen atoms in total. The zero-order valence-electron chi connectivity index (χ0n) is 4.81. The van der Waals surface area contributed by atoms with Crippen molar-refractivity contribution >= 4 is 28.9 Å². The van der Waals surface area contributed by atoms with E-state index < -0.39 is 10.8 Å². The summed E-state index contributed by atoms with van der Waals surface area (Å²) < 4.78 is 0. The van der Waals surface area contributed by atoms with Crippen molar-refractivity contribution in [1.29, 1.82) is 15.9 Å². The fourth-order valence-corrected chi connectivity index (χ4v) is 0.546. The summed E-state index contributed by atoms with van der Waals surface area (Å²) in [7, 11) is 0. The van der Waals surface area contributed by atoms with Gasteiger partial charge in [0.05, 0.1) is 17.9 Å². The van der Waals surface area contributed by atoms with Crippen LogP contribution in [0, 0.1) is 34.0 Å². The molecular formula is C5H3Cl2N3. The van der Waals surface area contributed by atoms with Gasteiger partial charge in [-0.2, -0.15) is 10.5 Å². The highest BCUT2D eigenvalue weighted by Crippen LogP contribution is 2.09. The molecule has 0 unspecified atom stereocenters. The van der Waals surface area contributed by atoms with E-state index in [0.717, 1.165) is 0 Å². The third-order valence-corrected chi connectivity index (χ3v) is 1.27. The Morgan fingerprint density at radius 3 is 1.80 bits per heavy atom. The van der Waals surface area contributed by atoms with Crippen LogP contribution in [0.25, 0.3) is 0 Å². The number of nitrogens with zero attached hydrogens (tertiary/aromatic N) is 2. The van der Waals surface area contributed by atoms with Gasteiger partial charge in [0.2, 0.25) is 0 Å². The molecule has 0 saturated heterocycles. The number of hydrogen-bond donors (Lipinski definition) is 1. The van der Waals surface area contributed by atoms with Gasteiger partial charge in [-0.15, -0.1) is 0 Å². The van der Waals surface area contributed by atoms with E-state index in [2.05, 4.69) is 0 Å². The van der Waals surface area contributed by atoms with Crippen LogP contribution in [-0.2, 0) is 0 Å². The fraction of sp³-hybridized carbons (Fsp3) is 0.400. The first-order valence-corrected chi connectivity index (χ1v) is 3.16. The summed E-state index contributed by atoms with van der Waals surface area (Å²) in [5.41, 5.74) is -0.270. The second-order valence-electron chi connectivity index (χ2n) is 1.45. The maximum atomic E-state index is 8.21. The molecule has 0 bridgehead atoms. The number of alkyl halides is 2. The molecule has 0 fully saturated rings. The number of nitriles is 2. The smallest absolute Gasteiger partial charge is 0.173 e. The molecular weight excluding hydrogens is 173 g/mol. The summed E-state index contributed by atoms with van der Waals surface area (Å²) in [5, 5.41) is 23.4. The molecule has 0 radical (unpaired) electrons. The zero-order valence-corrected chi connectivity index (χ0v) is 6.32. The molecule has 0 aliphatic rings. The standard InChI is InChI=1S/C5H3Cl2N3/c6-5(7)4(10)3(1-8)2-9/h3,5,10H. The molecule has 0 rings (SSSR count). The first-order valence-electron chi connectivity index (χ1n) is 2.29. The van der Waals surface area contributed by atoms with Gasteiger partial charge in [0.25, 0.3) is 0 Å². The van der Waals surface area contributed by atoms with E-state index in [1.807, 2.05) is 0 Å². The molecule has 0 aromatic heterocycles. The predicted molar refractivity (Wildman–Crippen MR) is 37.9 cm³/mol. The lowest BCUT2D eigenvalue weighted by atomic mass is 10.1. The average molecular weight is 176 g/mol. The van der Waals surface area contributed by atoms with Crippen LogP contribution in [0.1, 0.15) is 0 Å². The van der Waals surface area contributed by atoms with Gasteiger partial charge >= 0.3 is 0 Å². The van der Waals surface area contributed by atoms with Gasteiger partial charge < -0.3 is 5.41 Å². The Bertz CT molecular complexity index is 196. The summed E-state index contributed by atoms with van der Waals surface area (Å²) >= 11 is 10.4. The van der Waals surface area contributed by atoms with Crippen LogP contribution in [-0.4, -0.2) is 10.5 Å². The highest BCUT2D eigenvalue weighted by atomic mass is 35.5. The number of halogens is 2. The Morgan fingerprint density at radius 2 is 1.70 bits per heavy atom. The summed E-state index contributed by atoms with van der Waals surface area (Å²) in [6.45, 7) is 0. The highest BCUT2D eigenvalue weighted by Gasteiger charge is 2.18. The predicted octanol–water partition coefficient (Wildman–Crippen LogP) is 1.47. The molecule has 0 aliphatic carbocycles. The van der Waals surface area contributed by atoms with Crippen LogP contribution in [0.3, 0.4) is 0 Å². The van der Waals surface area contributed by atoms with Crippen molar-refractivity contribution < 1.29 is 0 Å². The molecule has 10 heavy (non-hydrogen) atoms. The van der Waals surface area contributed by atoms with Crippen LogP contribution in [0.5, 0.6) is 0 Å². The van der Waals surface area contributed by atoms with E-state index >= 15 is 0 Å². The molecule has 0 saturated carbocycles. The van der Waals surface area contributed by atoms with E-state index in [9.17, 15) is 0 Å². The Labute approximate surface area is 68.3 Å². The van der Waals surface area contributed by atoms with Crippen LogP contribution in [0.4, 0.5) is 0 Å². The van der Waals surface area contributed by atoms with E-state index in [4.69, 9.17) is 39.1 Å². The summed E-state index contributed by atoms with van der Waals surface area (Å²) in [6, 6.07) is 3.16. The Kier molecular flexibility index (Phi) is 3.79. The van der Waals surface area contributed by atoms with Crippen molar-refractivity contribution in [2.24, 2.45) is 5.92 Å². The van der Waals surface area contributed by atoms with Crippen LogP contribution in [0.2, 0.25) is 0 Å². The molecule has 0 heterocycles. The monoisotopic (exact) mass is 175 g/mol. The van der Waals surface area contributed by atoms with Crippen molar-refractivity contribution in [2.45, 2.75) is 4.84 Å². The minimum atomic E-state index is -1.13. The molecule has 0 aliphatic heterocycles. The van der Waals surface area contributed by atoms with Crippen LogP contribution < -0.4 is 0 Å². The highest BCUT2D eigenvalue weighted by molar-refractivity contribution is 6.54. The molecule has 0 atom stereocenters. The van der Waals surface area contributed by atoms with Crippen LogP contribution >= 0.6 is 23.2 Å². The lowest BCUT2D eigenvalue weighted by Gasteiger charge is -2.01. The number of hydrogen-bond acceptors (Lipinski definition) is 3. The third kappa shape index (κ3) is 2.23. The summed E-state index contributed by atoms with van der Waals surface area (Å²) in [5.74, 6) is -1.13. The van der Waals surface area contributed by atoms with Crippen molar-refractivity contribution in [1.82, 2.24) is 0 Å². The minimum absolute atomic E-state index is 0.270. The van der Waals surface area contributed by atoms with Crippen molar-refractivity contribution in [3.05, 3.63) is 0 Å². The number of rotatable bonds is 2. The lowest BCUT2D eigenvalue weighted by molar-refractivity contribution is 1.11. The molecule has 0 amide bonds. The van der Waals surface area contributed by atoms with Gasteiger partial charge in [-0.05, 0) is 0 Å². The van der Waals surface area contributed by atoms with Crippen molar-refractivity contribution in [2.75, 3.05) is 0 Å². The largest absolute Gasteiger partial charge is 0.304 e. The fourth-order valence-electron chi connectivity index (χ4n) is 0.294. The number of nitrogens with one attached hydrogen (secondary N) is 1. The average Bonchev–Trinajstić information content (AvgIpc) is 1.90. The van der Waals surface area contributed by atoms with Crippen LogP contribution in [0.15, 0.2) is 0 Å². The molecule has 52 valence electrons. The lowest BCUT2D eigenvalue weighted by Crippen LogP contribution is -2.16. The second-order valence-corrected chi connectivity index (χ2v) is 2.54.